The van der Waals surface area contributed by atoms with Crippen molar-refractivity contribution in [3.8, 4) is 0 Å². The molecule has 2 N–H and O–H groups in total. The molecule has 3 heterocycles. The third-order valence-corrected chi connectivity index (χ3v) is 4.17. The van der Waals surface area contributed by atoms with Crippen molar-refractivity contribution in [1.82, 2.24) is 20.1 Å². The summed E-state index contributed by atoms with van der Waals surface area (Å²) in [4.78, 5) is 15.4. The minimum atomic E-state index is 0.438. The molecule has 0 spiro atoms. The molecule has 7 nitrogen and oxygen atoms in total. The van der Waals surface area contributed by atoms with Crippen molar-refractivity contribution in [1.29, 1.82) is 0 Å². The molecule has 0 aromatic carbocycles. The van der Waals surface area contributed by atoms with Crippen LogP contribution in [0.5, 0.6) is 0 Å². The Balaban J connectivity index is 1.93. The van der Waals surface area contributed by atoms with E-state index in [1.165, 1.54) is 4.88 Å². The minimum absolute atomic E-state index is 0.438. The highest BCUT2D eigenvalue weighted by atomic mass is 32.1. The molecule has 8 heteroatoms. The number of nitrogens with zero attached hydrogens (tertiary/aromatic N) is 4. The molecule has 0 aliphatic heterocycles. The molecule has 0 saturated carbocycles. The summed E-state index contributed by atoms with van der Waals surface area (Å²) in [6.45, 7) is 4.36. The highest BCUT2D eigenvalue weighted by Crippen LogP contribution is 2.30. The maximum atomic E-state index is 5.10. The summed E-state index contributed by atoms with van der Waals surface area (Å²) in [6, 6.07) is 2.13. The molecule has 0 aliphatic rings. The molecule has 0 saturated heterocycles. The van der Waals surface area contributed by atoms with E-state index in [1.54, 1.807) is 25.3 Å². The number of thiophene rings is 1. The maximum absolute atomic E-state index is 5.10. The molecule has 0 fully saturated rings. The Morgan fingerprint density at radius 2 is 2.14 bits per heavy atom. The molecule has 0 aliphatic carbocycles. The van der Waals surface area contributed by atoms with E-state index in [0.717, 1.165) is 22.5 Å². The second kappa shape index (κ2) is 5.65. The van der Waals surface area contributed by atoms with Crippen LogP contribution >= 0.6 is 11.3 Å². The lowest BCUT2D eigenvalue weighted by atomic mass is 10.3. The monoisotopic (exact) mass is 304 g/mol. The second-order valence-corrected chi connectivity index (χ2v) is 5.63. The van der Waals surface area contributed by atoms with E-state index in [2.05, 4.69) is 43.7 Å². The Labute approximate surface area is 125 Å². The van der Waals surface area contributed by atoms with Crippen LogP contribution in [0, 0.1) is 6.92 Å². The van der Waals surface area contributed by atoms with Crippen LogP contribution in [0.15, 0.2) is 10.6 Å². The summed E-state index contributed by atoms with van der Waals surface area (Å²) in [7, 11) is 1.81. The first-order valence-electron chi connectivity index (χ1n) is 6.71. The van der Waals surface area contributed by atoms with Crippen molar-refractivity contribution < 1.29 is 4.52 Å². The summed E-state index contributed by atoms with van der Waals surface area (Å²) in [6.07, 6.45) is 0.984. The van der Waals surface area contributed by atoms with Gasteiger partial charge in [0.1, 0.15) is 10.6 Å². The molecular weight excluding hydrogens is 288 g/mol. The van der Waals surface area contributed by atoms with Gasteiger partial charge in [-0.3, -0.25) is 0 Å². The first-order valence-corrected chi connectivity index (χ1v) is 7.52. The van der Waals surface area contributed by atoms with Gasteiger partial charge in [-0.2, -0.15) is 9.97 Å². The van der Waals surface area contributed by atoms with Crippen LogP contribution in [-0.2, 0) is 13.0 Å². The number of fused-ring (bicyclic) bond motifs is 1. The van der Waals surface area contributed by atoms with Gasteiger partial charge in [-0.25, -0.2) is 4.98 Å². The number of rotatable bonds is 5. The fourth-order valence-corrected chi connectivity index (χ4v) is 2.93. The Kier molecular flexibility index (Phi) is 3.70. The number of anilines is 2. The lowest BCUT2D eigenvalue weighted by Crippen LogP contribution is -2.05. The Hall–Kier alpha value is -2.22. The molecule has 3 rings (SSSR count). The highest BCUT2D eigenvalue weighted by Gasteiger charge is 2.12. The van der Waals surface area contributed by atoms with Crippen molar-refractivity contribution in [2.24, 2.45) is 0 Å². The average molecular weight is 304 g/mol. The van der Waals surface area contributed by atoms with Gasteiger partial charge in [0.25, 0.3) is 0 Å². The van der Waals surface area contributed by atoms with Gasteiger partial charge in [-0.15, -0.1) is 11.3 Å². The zero-order valence-electron chi connectivity index (χ0n) is 12.1. The summed E-state index contributed by atoms with van der Waals surface area (Å²) in [5, 5.41) is 11.0. The molecule has 110 valence electrons. The summed E-state index contributed by atoms with van der Waals surface area (Å²) in [5.74, 6) is 2.53. The fraction of sp³-hybridized carbons (Fsp3) is 0.385. The van der Waals surface area contributed by atoms with E-state index in [9.17, 15) is 0 Å². The molecule has 3 aromatic heterocycles. The van der Waals surface area contributed by atoms with Crippen molar-refractivity contribution in [3.63, 3.8) is 0 Å². The molecular formula is C13H16N6OS. The lowest BCUT2D eigenvalue weighted by Gasteiger charge is -2.06. The number of hydrogen-bond donors (Lipinski definition) is 2. The van der Waals surface area contributed by atoms with Crippen LogP contribution in [0.3, 0.4) is 0 Å². The van der Waals surface area contributed by atoms with E-state index in [1.807, 2.05) is 0 Å². The third kappa shape index (κ3) is 2.80. The predicted molar refractivity (Wildman–Crippen MR) is 82.7 cm³/mol. The van der Waals surface area contributed by atoms with Gasteiger partial charge >= 0.3 is 0 Å². The van der Waals surface area contributed by atoms with Gasteiger partial charge in [0.2, 0.25) is 11.8 Å². The Bertz CT molecular complexity index is 765. The van der Waals surface area contributed by atoms with Crippen molar-refractivity contribution in [3.05, 3.63) is 22.7 Å². The number of hydrogen-bond acceptors (Lipinski definition) is 8. The van der Waals surface area contributed by atoms with Crippen LogP contribution in [0.1, 0.15) is 23.5 Å². The van der Waals surface area contributed by atoms with Gasteiger partial charge in [0.05, 0.1) is 11.9 Å². The van der Waals surface area contributed by atoms with E-state index >= 15 is 0 Å². The third-order valence-electron chi connectivity index (χ3n) is 2.99. The summed E-state index contributed by atoms with van der Waals surface area (Å²) >= 11 is 1.68. The quantitative estimate of drug-likeness (QED) is 0.749. The topological polar surface area (TPSA) is 88.8 Å². The molecule has 0 bridgehead atoms. The summed E-state index contributed by atoms with van der Waals surface area (Å²) in [5.41, 5.74) is 0. The zero-order valence-corrected chi connectivity index (χ0v) is 12.9. The number of aromatic nitrogens is 4. The highest BCUT2D eigenvalue weighted by molar-refractivity contribution is 7.18. The molecule has 0 radical (unpaired) electrons. The van der Waals surface area contributed by atoms with Gasteiger partial charge in [0.15, 0.2) is 5.82 Å². The minimum Gasteiger partial charge on any atom is -0.360 e. The average Bonchev–Trinajstić information content (AvgIpc) is 3.10. The van der Waals surface area contributed by atoms with Crippen LogP contribution < -0.4 is 10.6 Å². The van der Waals surface area contributed by atoms with Crippen LogP contribution in [0.25, 0.3) is 10.2 Å². The maximum Gasteiger partial charge on any atom is 0.245 e. The van der Waals surface area contributed by atoms with Gasteiger partial charge in [-0.05, 0) is 19.4 Å². The Morgan fingerprint density at radius 3 is 2.81 bits per heavy atom. The SMILES string of the molecule is CCc1cc2c(NCc3nc(C)no3)nc(NC)nc2s1. The van der Waals surface area contributed by atoms with Gasteiger partial charge in [-0.1, -0.05) is 12.1 Å². The predicted octanol–water partition coefficient (Wildman–Crippen LogP) is 2.60. The zero-order chi connectivity index (χ0) is 14.8. The first kappa shape index (κ1) is 13.7. The molecule has 0 atom stereocenters. The standard InChI is InChI=1S/C13H16N6OS/c1-4-8-5-9-11(15-6-10-16-7(2)19-20-10)17-13(14-3)18-12(9)21-8/h5H,4,6H2,1-3H3,(H2,14,15,17,18). The summed E-state index contributed by atoms with van der Waals surface area (Å²) < 4.78 is 5.10. The van der Waals surface area contributed by atoms with E-state index in [-0.39, 0.29) is 0 Å². The van der Waals surface area contributed by atoms with Gasteiger partial charge < -0.3 is 15.2 Å². The Morgan fingerprint density at radius 1 is 1.29 bits per heavy atom. The van der Waals surface area contributed by atoms with Crippen LogP contribution in [-0.4, -0.2) is 27.2 Å². The largest absolute Gasteiger partial charge is 0.360 e. The first-order chi connectivity index (χ1) is 10.2. The lowest BCUT2D eigenvalue weighted by molar-refractivity contribution is 0.379. The van der Waals surface area contributed by atoms with Crippen molar-refractivity contribution in [2.75, 3.05) is 17.7 Å². The van der Waals surface area contributed by atoms with Crippen LogP contribution in [0.2, 0.25) is 0 Å². The second-order valence-electron chi connectivity index (χ2n) is 4.52. The normalized spacial score (nSPS) is 11.0. The molecule has 3 aromatic rings. The van der Waals surface area contributed by atoms with Gasteiger partial charge in [0, 0.05) is 11.9 Å². The van der Waals surface area contributed by atoms with E-state index in [0.29, 0.717) is 24.2 Å². The fourth-order valence-electron chi connectivity index (χ4n) is 1.96. The smallest absolute Gasteiger partial charge is 0.245 e. The molecule has 0 amide bonds. The molecule has 0 unspecified atom stereocenters. The van der Waals surface area contributed by atoms with E-state index in [4.69, 9.17) is 4.52 Å². The van der Waals surface area contributed by atoms with Crippen molar-refractivity contribution in [2.45, 2.75) is 26.8 Å². The molecule has 21 heavy (non-hydrogen) atoms. The number of nitrogens with one attached hydrogen (secondary N) is 2. The van der Waals surface area contributed by atoms with Crippen LogP contribution in [0.4, 0.5) is 11.8 Å². The number of aryl methyl sites for hydroxylation is 2. The van der Waals surface area contributed by atoms with Crippen molar-refractivity contribution >= 4 is 33.3 Å². The van der Waals surface area contributed by atoms with E-state index < -0.39 is 0 Å².